The van der Waals surface area contributed by atoms with E-state index < -0.39 is 11.8 Å². The molecule has 0 aromatic heterocycles. The Morgan fingerprint density at radius 2 is 0.712 bits per heavy atom. The second kappa shape index (κ2) is 33.6. The summed E-state index contributed by atoms with van der Waals surface area (Å²) in [5, 5.41) is 0. The van der Waals surface area contributed by atoms with Crippen LogP contribution in [-0.2, 0) is 71.3 Å². The predicted octanol–water partition coefficient (Wildman–Crippen LogP) is 9.93. The molecule has 73 heavy (non-hydrogen) atoms. The average Bonchev–Trinajstić information content (AvgIpc) is 4.18. The molecule has 12 atom stereocenters. The molecule has 0 aromatic rings. The maximum Gasteiger partial charge on any atom is 0.310 e. The van der Waals surface area contributed by atoms with E-state index >= 15 is 0 Å². The van der Waals surface area contributed by atoms with E-state index in [2.05, 4.69) is 38.2 Å². The van der Waals surface area contributed by atoms with Gasteiger partial charge in [0.1, 0.15) is 63.6 Å². The van der Waals surface area contributed by atoms with Crippen LogP contribution in [0.4, 0.5) is 0 Å². The van der Waals surface area contributed by atoms with Crippen LogP contribution in [0.15, 0.2) is 24.3 Å². The van der Waals surface area contributed by atoms with Gasteiger partial charge in [-0.3, -0.25) is 24.0 Å². The maximum atomic E-state index is 13.5. The molecule has 0 bridgehead atoms. The van der Waals surface area contributed by atoms with Crippen molar-refractivity contribution in [3.8, 4) is 0 Å². The Kier molecular flexibility index (Phi) is 27.1. The van der Waals surface area contributed by atoms with Crippen molar-refractivity contribution >= 4 is 29.8 Å². The number of carbonyl (C=O) groups excluding carboxylic acids is 5. The monoisotopic (exact) mass is 1030 g/mol. The van der Waals surface area contributed by atoms with Crippen LogP contribution in [0.2, 0.25) is 0 Å². The summed E-state index contributed by atoms with van der Waals surface area (Å²) in [5.74, 6) is -1.38. The van der Waals surface area contributed by atoms with Gasteiger partial charge in [-0.05, 0) is 68.6 Å². The summed E-state index contributed by atoms with van der Waals surface area (Å²) < 4.78 is 53.1. The predicted molar refractivity (Wildman–Crippen MR) is 273 cm³/mol. The summed E-state index contributed by atoms with van der Waals surface area (Å²) in [6.45, 7) is 9.43. The van der Waals surface area contributed by atoms with Gasteiger partial charge < -0.3 is 47.4 Å². The van der Waals surface area contributed by atoms with Crippen molar-refractivity contribution in [1.82, 2.24) is 0 Å². The minimum absolute atomic E-state index is 0.0184. The number of unbranched alkanes of at least 4 members (excludes halogenated alkanes) is 14. The molecule has 15 heteroatoms. The van der Waals surface area contributed by atoms with E-state index in [4.69, 9.17) is 47.4 Å². The highest BCUT2D eigenvalue weighted by atomic mass is 16.6. The number of ether oxygens (including phenoxy) is 10. The fraction of sp³-hybridized carbons (Fsp3) is 0.845. The number of allylic oxidation sites excluding steroid dienone is 4. The second-order valence-electron chi connectivity index (χ2n) is 21.8. The highest BCUT2D eigenvalue weighted by Gasteiger charge is 2.47. The SMILES string of the molecule is CCCCCCC1C=CC(CCCCCCCC(=O)OCC2CO2)C(C(=O)OCC2CO2)C1.CCCCCCC1C=CC(CCCCCCCC(=O)OCC2CO2)C(C(=O)OCC2CO2)C1C(=O)OCC1CO1. The summed E-state index contributed by atoms with van der Waals surface area (Å²) in [6.07, 6.45) is 34.5. The Morgan fingerprint density at radius 1 is 0.384 bits per heavy atom. The smallest absolute Gasteiger partial charge is 0.310 e. The van der Waals surface area contributed by atoms with E-state index in [-0.39, 0.29) is 97.3 Å². The molecule has 0 saturated carbocycles. The zero-order valence-electron chi connectivity index (χ0n) is 44.6. The third-order valence-electron chi connectivity index (χ3n) is 15.2. The van der Waals surface area contributed by atoms with Gasteiger partial charge in [0.25, 0.3) is 0 Å². The van der Waals surface area contributed by atoms with Crippen LogP contribution in [0.1, 0.15) is 174 Å². The van der Waals surface area contributed by atoms with E-state index in [9.17, 15) is 24.0 Å². The number of esters is 5. The summed E-state index contributed by atoms with van der Waals surface area (Å²) >= 11 is 0. The molecule has 5 aliphatic heterocycles. The first kappa shape index (κ1) is 58.9. The third-order valence-corrected chi connectivity index (χ3v) is 15.2. The molecule has 12 unspecified atom stereocenters. The van der Waals surface area contributed by atoms with E-state index in [1.807, 2.05) is 0 Å². The number of epoxide rings is 5. The van der Waals surface area contributed by atoms with Crippen molar-refractivity contribution in [3.05, 3.63) is 24.3 Å². The van der Waals surface area contributed by atoms with Gasteiger partial charge in [0, 0.05) is 12.8 Å². The van der Waals surface area contributed by atoms with Gasteiger partial charge in [0.2, 0.25) is 0 Å². The molecule has 5 fully saturated rings. The summed E-state index contributed by atoms with van der Waals surface area (Å²) in [7, 11) is 0. The van der Waals surface area contributed by atoms with Crippen molar-refractivity contribution in [3.63, 3.8) is 0 Å². The zero-order chi connectivity index (χ0) is 51.5. The quantitative estimate of drug-likeness (QED) is 0.0185. The first-order chi connectivity index (χ1) is 35.7. The van der Waals surface area contributed by atoms with E-state index in [0.717, 1.165) is 122 Å². The first-order valence-corrected chi connectivity index (χ1v) is 29.0. The minimum atomic E-state index is -0.558. The normalized spacial score (nSPS) is 29.0. The molecule has 0 spiro atoms. The number of hydrogen-bond acceptors (Lipinski definition) is 15. The van der Waals surface area contributed by atoms with Crippen LogP contribution >= 0.6 is 0 Å². The zero-order valence-corrected chi connectivity index (χ0v) is 44.6. The Hall–Kier alpha value is -3.37. The molecule has 0 radical (unpaired) electrons. The molecule has 15 nitrogen and oxygen atoms in total. The van der Waals surface area contributed by atoms with Crippen molar-refractivity contribution in [2.24, 2.45) is 41.4 Å². The highest BCUT2D eigenvalue weighted by molar-refractivity contribution is 5.83. The molecular weight excluding hydrogens is 937 g/mol. The Labute approximate surface area is 436 Å². The van der Waals surface area contributed by atoms with E-state index in [1.165, 1.54) is 32.1 Å². The summed E-state index contributed by atoms with van der Waals surface area (Å²) in [6, 6.07) is 0. The molecule has 5 saturated heterocycles. The molecule has 2 aliphatic carbocycles. The summed E-state index contributed by atoms with van der Waals surface area (Å²) in [5.41, 5.74) is 0. The second-order valence-corrected chi connectivity index (χ2v) is 21.8. The number of hydrogen-bond donors (Lipinski definition) is 0. The minimum Gasteiger partial charge on any atom is -0.463 e. The van der Waals surface area contributed by atoms with Gasteiger partial charge >= 0.3 is 29.8 Å². The topological polar surface area (TPSA) is 194 Å². The lowest BCUT2D eigenvalue weighted by atomic mass is 9.67. The lowest BCUT2D eigenvalue weighted by Gasteiger charge is -2.37. The number of rotatable bonds is 39. The maximum absolute atomic E-state index is 13.5. The van der Waals surface area contributed by atoms with Gasteiger partial charge in [-0.25, -0.2) is 0 Å². The van der Waals surface area contributed by atoms with Crippen LogP contribution in [-0.4, -0.2) is 126 Å². The lowest BCUT2D eigenvalue weighted by Crippen LogP contribution is -2.43. The van der Waals surface area contributed by atoms with Crippen molar-refractivity contribution in [2.45, 2.75) is 205 Å². The fourth-order valence-electron chi connectivity index (χ4n) is 10.2. The summed E-state index contributed by atoms with van der Waals surface area (Å²) in [4.78, 5) is 63.2. The molecule has 5 heterocycles. The standard InChI is InChI=1S/C31H48O9.C27H44O6/c1-2-3-4-8-11-22-14-15-23(12-9-6-5-7-10-13-27(32)38-19-24-16-35-24)29(31(34)40-21-26-18-37-26)28(22)30(33)39-20-25-17-36-25;1-2-3-4-8-11-21-14-15-22(25(16-21)27(29)33-20-24-18-31-24)12-9-6-5-7-10-13-26(28)32-19-23-17-30-23/h14-15,22-26,28-29H,2-13,16-21H2,1H3;14-15,21-25H,2-13,16-20H2,1H3. The average molecular weight is 1030 g/mol. The molecule has 0 N–H and O–H groups in total. The molecule has 414 valence electrons. The molecule has 0 aromatic carbocycles. The first-order valence-electron chi connectivity index (χ1n) is 29.0. The molecule has 7 rings (SSSR count). The van der Waals surface area contributed by atoms with Gasteiger partial charge in [0.15, 0.2) is 0 Å². The molecule has 0 amide bonds. The molecular formula is C58H92O15. The van der Waals surface area contributed by atoms with E-state index in [0.29, 0.717) is 65.0 Å². The van der Waals surface area contributed by atoms with Crippen LogP contribution < -0.4 is 0 Å². The largest absolute Gasteiger partial charge is 0.463 e. The van der Waals surface area contributed by atoms with Crippen molar-refractivity contribution in [1.29, 1.82) is 0 Å². The molecule has 7 aliphatic rings. The van der Waals surface area contributed by atoms with Gasteiger partial charge in [0.05, 0.1) is 50.8 Å². The van der Waals surface area contributed by atoms with Crippen LogP contribution in [0, 0.1) is 41.4 Å². The van der Waals surface area contributed by atoms with Gasteiger partial charge in [-0.1, -0.05) is 141 Å². The van der Waals surface area contributed by atoms with Crippen LogP contribution in [0.5, 0.6) is 0 Å². The third kappa shape index (κ3) is 24.9. The highest BCUT2D eigenvalue weighted by Crippen LogP contribution is 2.42. The fourth-order valence-corrected chi connectivity index (χ4v) is 10.2. The van der Waals surface area contributed by atoms with Crippen LogP contribution in [0.3, 0.4) is 0 Å². The Bertz CT molecular complexity index is 1680. The Balaban J connectivity index is 0.000000243. The van der Waals surface area contributed by atoms with Crippen molar-refractivity contribution < 1.29 is 71.3 Å². The van der Waals surface area contributed by atoms with Crippen LogP contribution in [0.25, 0.3) is 0 Å². The van der Waals surface area contributed by atoms with Gasteiger partial charge in [-0.2, -0.15) is 0 Å². The van der Waals surface area contributed by atoms with E-state index in [1.54, 1.807) is 0 Å². The van der Waals surface area contributed by atoms with Crippen molar-refractivity contribution in [2.75, 3.05) is 66.1 Å². The van der Waals surface area contributed by atoms with Gasteiger partial charge in [-0.15, -0.1) is 0 Å². The Morgan fingerprint density at radius 3 is 1.12 bits per heavy atom. The number of carbonyl (C=O) groups is 5. The lowest BCUT2D eigenvalue weighted by molar-refractivity contribution is -0.166.